The Hall–Kier alpha value is -1.96. The first-order valence-electron chi connectivity index (χ1n) is 6.79. The maximum atomic E-state index is 6.18. The Labute approximate surface area is 115 Å². The molecule has 0 bridgehead atoms. The van der Waals surface area contributed by atoms with Gasteiger partial charge in [0.2, 0.25) is 0 Å². The van der Waals surface area contributed by atoms with Gasteiger partial charge in [-0.3, -0.25) is 0 Å². The van der Waals surface area contributed by atoms with Gasteiger partial charge < -0.3 is 11.5 Å². The molecule has 0 aromatic heterocycles. The van der Waals surface area contributed by atoms with Crippen molar-refractivity contribution in [3.8, 4) is 0 Å². The minimum absolute atomic E-state index is 0.133. The van der Waals surface area contributed by atoms with Crippen LogP contribution in [0, 0.1) is 0 Å². The molecule has 0 fully saturated rings. The van der Waals surface area contributed by atoms with Gasteiger partial charge in [-0.2, -0.15) is 0 Å². The summed E-state index contributed by atoms with van der Waals surface area (Å²) in [7, 11) is 0. The maximum Gasteiger partial charge on any atom is 0.0355 e. The molecule has 0 unspecified atom stereocenters. The van der Waals surface area contributed by atoms with Crippen molar-refractivity contribution in [2.75, 3.05) is 11.5 Å². The normalized spacial score (nSPS) is 11.5. The van der Waals surface area contributed by atoms with E-state index >= 15 is 0 Å². The van der Waals surface area contributed by atoms with Crippen molar-refractivity contribution in [2.45, 2.75) is 32.1 Å². The van der Waals surface area contributed by atoms with E-state index in [1.54, 1.807) is 0 Å². The number of para-hydroxylation sites is 2. The third-order valence-corrected chi connectivity index (χ3v) is 3.86. The number of benzene rings is 2. The van der Waals surface area contributed by atoms with Crippen LogP contribution in [0.3, 0.4) is 0 Å². The Kier molecular flexibility index (Phi) is 3.79. The van der Waals surface area contributed by atoms with Crippen molar-refractivity contribution in [3.63, 3.8) is 0 Å². The standard InChI is InChI=1S/C17H22N2/c1-3-12-17(2,13-8-4-6-10-15(13)18)14-9-5-7-11-16(14)19/h4-11H,3,12,18-19H2,1-2H3. The van der Waals surface area contributed by atoms with Gasteiger partial charge in [-0.05, 0) is 29.7 Å². The Balaban J connectivity index is 2.62. The van der Waals surface area contributed by atoms with E-state index in [9.17, 15) is 0 Å². The van der Waals surface area contributed by atoms with Crippen LogP contribution in [0.4, 0.5) is 11.4 Å². The average Bonchev–Trinajstić information content (AvgIpc) is 2.39. The molecular formula is C17H22N2. The summed E-state index contributed by atoms with van der Waals surface area (Å²) < 4.78 is 0. The highest BCUT2D eigenvalue weighted by molar-refractivity contribution is 5.60. The number of rotatable bonds is 4. The van der Waals surface area contributed by atoms with Crippen LogP contribution < -0.4 is 11.5 Å². The third-order valence-electron chi connectivity index (χ3n) is 3.86. The number of anilines is 2. The molecule has 2 nitrogen and oxygen atoms in total. The van der Waals surface area contributed by atoms with Crippen LogP contribution in [-0.4, -0.2) is 0 Å². The molecule has 0 radical (unpaired) electrons. The van der Waals surface area contributed by atoms with Crippen molar-refractivity contribution >= 4 is 11.4 Å². The number of nitrogen functional groups attached to an aromatic ring is 2. The molecule has 0 aliphatic heterocycles. The first-order valence-corrected chi connectivity index (χ1v) is 6.79. The summed E-state index contributed by atoms with van der Waals surface area (Å²) >= 11 is 0. The monoisotopic (exact) mass is 254 g/mol. The van der Waals surface area contributed by atoms with Crippen molar-refractivity contribution in [2.24, 2.45) is 0 Å². The fourth-order valence-corrected chi connectivity index (χ4v) is 2.91. The van der Waals surface area contributed by atoms with Gasteiger partial charge in [-0.1, -0.05) is 56.7 Å². The van der Waals surface area contributed by atoms with Crippen molar-refractivity contribution in [1.82, 2.24) is 0 Å². The first kappa shape index (κ1) is 13.5. The van der Waals surface area contributed by atoms with Gasteiger partial charge in [0.1, 0.15) is 0 Å². The Morgan fingerprint density at radius 3 is 1.63 bits per heavy atom. The zero-order valence-electron chi connectivity index (χ0n) is 11.7. The lowest BCUT2D eigenvalue weighted by Gasteiger charge is -2.33. The smallest absolute Gasteiger partial charge is 0.0355 e. The number of nitrogens with two attached hydrogens (primary N) is 2. The Morgan fingerprint density at radius 1 is 0.842 bits per heavy atom. The van der Waals surface area contributed by atoms with E-state index in [2.05, 4.69) is 26.0 Å². The largest absolute Gasteiger partial charge is 0.398 e. The first-order chi connectivity index (χ1) is 9.09. The number of hydrogen-bond acceptors (Lipinski definition) is 2. The van der Waals surface area contributed by atoms with Crippen LogP contribution in [0.2, 0.25) is 0 Å². The molecule has 0 atom stereocenters. The van der Waals surface area contributed by atoms with Crippen molar-refractivity contribution in [1.29, 1.82) is 0 Å². The quantitative estimate of drug-likeness (QED) is 0.811. The lowest BCUT2D eigenvalue weighted by atomic mass is 9.72. The van der Waals surface area contributed by atoms with Gasteiger partial charge >= 0.3 is 0 Å². The molecule has 0 saturated heterocycles. The molecule has 0 spiro atoms. The van der Waals surface area contributed by atoms with Gasteiger partial charge in [0.25, 0.3) is 0 Å². The van der Waals surface area contributed by atoms with Crippen molar-refractivity contribution < 1.29 is 0 Å². The van der Waals surface area contributed by atoms with Gasteiger partial charge in [-0.25, -0.2) is 0 Å². The molecule has 2 aromatic rings. The topological polar surface area (TPSA) is 52.0 Å². The predicted octanol–water partition coefficient (Wildman–Crippen LogP) is 3.96. The molecule has 0 aliphatic carbocycles. The predicted molar refractivity (Wildman–Crippen MR) is 83.1 cm³/mol. The van der Waals surface area contributed by atoms with E-state index < -0.39 is 0 Å². The van der Waals surface area contributed by atoms with Crippen LogP contribution in [0.5, 0.6) is 0 Å². The highest BCUT2D eigenvalue weighted by Gasteiger charge is 2.31. The summed E-state index contributed by atoms with van der Waals surface area (Å²) in [6, 6.07) is 16.2. The molecule has 0 heterocycles. The second-order valence-electron chi connectivity index (χ2n) is 5.26. The SMILES string of the molecule is CCCC(C)(c1ccccc1N)c1ccccc1N. The fraction of sp³-hybridized carbons (Fsp3) is 0.294. The minimum Gasteiger partial charge on any atom is -0.398 e. The Morgan fingerprint density at radius 2 is 1.26 bits per heavy atom. The zero-order chi connectivity index (χ0) is 13.9. The molecule has 2 heteroatoms. The van der Waals surface area contributed by atoms with E-state index in [4.69, 9.17) is 11.5 Å². The van der Waals surface area contributed by atoms with E-state index in [0.29, 0.717) is 0 Å². The Bertz CT molecular complexity index is 515. The van der Waals surface area contributed by atoms with Crippen LogP contribution in [0.25, 0.3) is 0 Å². The molecule has 100 valence electrons. The molecule has 0 aliphatic rings. The van der Waals surface area contributed by atoms with Gasteiger partial charge in [0.15, 0.2) is 0 Å². The van der Waals surface area contributed by atoms with Crippen LogP contribution in [0.1, 0.15) is 37.8 Å². The van der Waals surface area contributed by atoms with Crippen LogP contribution in [0.15, 0.2) is 48.5 Å². The molecule has 2 aromatic carbocycles. The lowest BCUT2D eigenvalue weighted by Crippen LogP contribution is -2.26. The average molecular weight is 254 g/mol. The molecule has 0 saturated carbocycles. The second kappa shape index (κ2) is 5.35. The lowest BCUT2D eigenvalue weighted by molar-refractivity contribution is 0.515. The highest BCUT2D eigenvalue weighted by Crippen LogP contribution is 2.41. The summed E-state index contributed by atoms with van der Waals surface area (Å²) in [6.07, 6.45) is 2.11. The summed E-state index contributed by atoms with van der Waals surface area (Å²) in [6.45, 7) is 4.42. The van der Waals surface area contributed by atoms with Gasteiger partial charge in [0, 0.05) is 16.8 Å². The zero-order valence-corrected chi connectivity index (χ0v) is 11.7. The second-order valence-corrected chi connectivity index (χ2v) is 5.26. The molecule has 4 N–H and O–H groups in total. The third kappa shape index (κ3) is 2.43. The maximum absolute atomic E-state index is 6.18. The molecule has 2 rings (SSSR count). The van der Waals surface area contributed by atoms with E-state index in [1.165, 1.54) is 0 Å². The molecule has 19 heavy (non-hydrogen) atoms. The minimum atomic E-state index is -0.133. The molecule has 0 amide bonds. The van der Waals surface area contributed by atoms with E-state index in [-0.39, 0.29) is 5.41 Å². The summed E-state index contributed by atoms with van der Waals surface area (Å²) in [4.78, 5) is 0. The van der Waals surface area contributed by atoms with Crippen molar-refractivity contribution in [3.05, 3.63) is 59.7 Å². The summed E-state index contributed by atoms with van der Waals surface area (Å²) in [5.74, 6) is 0. The van der Waals surface area contributed by atoms with E-state index in [1.807, 2.05) is 36.4 Å². The van der Waals surface area contributed by atoms with E-state index in [0.717, 1.165) is 35.3 Å². The van der Waals surface area contributed by atoms with Gasteiger partial charge in [-0.15, -0.1) is 0 Å². The molecular weight excluding hydrogens is 232 g/mol. The van der Waals surface area contributed by atoms with Gasteiger partial charge in [0.05, 0.1) is 0 Å². The highest BCUT2D eigenvalue weighted by atomic mass is 14.6. The summed E-state index contributed by atoms with van der Waals surface area (Å²) in [5, 5.41) is 0. The summed E-state index contributed by atoms with van der Waals surface area (Å²) in [5.41, 5.74) is 16.2. The number of hydrogen-bond donors (Lipinski definition) is 2. The van der Waals surface area contributed by atoms with Crippen LogP contribution in [-0.2, 0) is 5.41 Å². The fourth-order valence-electron chi connectivity index (χ4n) is 2.91. The van der Waals surface area contributed by atoms with Crippen LogP contribution >= 0.6 is 0 Å².